The highest BCUT2D eigenvalue weighted by molar-refractivity contribution is 7.10. The molecule has 7 heteroatoms. The lowest BCUT2D eigenvalue weighted by Gasteiger charge is -2.21. The van der Waals surface area contributed by atoms with Crippen LogP contribution in [-0.4, -0.2) is 28.1 Å². The van der Waals surface area contributed by atoms with Crippen LogP contribution in [0.5, 0.6) is 0 Å². The molecule has 0 radical (unpaired) electrons. The predicted octanol–water partition coefficient (Wildman–Crippen LogP) is 2.84. The Hall–Kier alpha value is -2.80. The summed E-state index contributed by atoms with van der Waals surface area (Å²) in [7, 11) is 0. The molecule has 0 unspecified atom stereocenters. The lowest BCUT2D eigenvalue weighted by molar-refractivity contribution is -0.481. The van der Waals surface area contributed by atoms with E-state index >= 15 is 0 Å². The van der Waals surface area contributed by atoms with Crippen molar-refractivity contribution in [2.75, 3.05) is 6.54 Å². The van der Waals surface area contributed by atoms with Gasteiger partial charge in [0.05, 0.1) is 11.5 Å². The summed E-state index contributed by atoms with van der Waals surface area (Å²) in [4.78, 5) is 35.7. The average Bonchev–Trinajstić information content (AvgIpc) is 3.06. The highest BCUT2D eigenvalue weighted by Gasteiger charge is 2.39. The molecule has 1 aromatic heterocycles. The normalized spacial score (nSPS) is 15.5. The third-order valence-electron chi connectivity index (χ3n) is 3.70. The van der Waals surface area contributed by atoms with Crippen LogP contribution in [0.25, 0.3) is 5.76 Å². The second kappa shape index (κ2) is 5.77. The molecule has 1 atom stereocenters. The second-order valence-electron chi connectivity index (χ2n) is 5.05. The van der Waals surface area contributed by atoms with Gasteiger partial charge in [0.2, 0.25) is 18.1 Å². The molecule has 1 aliphatic carbocycles. The van der Waals surface area contributed by atoms with Crippen LogP contribution in [0.3, 0.4) is 0 Å². The number of aliphatic hydroxyl groups excluding tert-OH is 1. The molecule has 0 saturated carbocycles. The van der Waals surface area contributed by atoms with E-state index in [1.165, 1.54) is 23.5 Å². The lowest BCUT2D eigenvalue weighted by Crippen LogP contribution is -2.29. The topological polar surface area (TPSA) is 97.5 Å². The Balaban J connectivity index is 2.21. The van der Waals surface area contributed by atoms with Crippen molar-refractivity contribution in [3.05, 3.63) is 73.5 Å². The van der Waals surface area contributed by atoms with Crippen LogP contribution in [0.4, 0.5) is 0 Å². The van der Waals surface area contributed by atoms with Crippen molar-refractivity contribution in [3.63, 3.8) is 0 Å². The highest BCUT2D eigenvalue weighted by atomic mass is 32.1. The number of thiophene rings is 1. The van der Waals surface area contributed by atoms with E-state index in [0.717, 1.165) is 0 Å². The van der Waals surface area contributed by atoms with E-state index in [-0.39, 0.29) is 22.5 Å². The van der Waals surface area contributed by atoms with Crippen LogP contribution < -0.4 is 0 Å². The summed E-state index contributed by atoms with van der Waals surface area (Å²) in [6.07, 6.45) is 0. The molecule has 1 heterocycles. The molecule has 1 aromatic carbocycles. The highest BCUT2D eigenvalue weighted by Crippen LogP contribution is 2.37. The molecule has 1 aliphatic rings. The minimum absolute atomic E-state index is 0.116. The van der Waals surface area contributed by atoms with Crippen LogP contribution >= 0.6 is 11.3 Å². The molecule has 6 nitrogen and oxygen atoms in total. The number of rotatable bonds is 4. The number of carbonyl (C=O) groups is 2. The molecule has 0 bridgehead atoms. The van der Waals surface area contributed by atoms with E-state index in [0.29, 0.717) is 4.88 Å². The monoisotopic (exact) mass is 329 g/mol. The van der Waals surface area contributed by atoms with Crippen molar-refractivity contribution >= 4 is 28.7 Å². The van der Waals surface area contributed by atoms with Crippen molar-refractivity contribution in [2.24, 2.45) is 0 Å². The van der Waals surface area contributed by atoms with Crippen molar-refractivity contribution in [2.45, 2.75) is 5.92 Å². The van der Waals surface area contributed by atoms with E-state index in [1.807, 2.05) is 0 Å². The zero-order valence-electron chi connectivity index (χ0n) is 11.8. The number of Topliss-reactive ketones (excluding diaryl/α,β-unsaturated/α-hetero) is 2. The Morgan fingerprint density at radius 3 is 2.39 bits per heavy atom. The molecule has 1 N–H and O–H groups in total. The Labute approximate surface area is 134 Å². The average molecular weight is 329 g/mol. The maximum atomic E-state index is 12.4. The van der Waals surface area contributed by atoms with Crippen LogP contribution in [-0.2, 0) is 4.79 Å². The van der Waals surface area contributed by atoms with Gasteiger partial charge in [-0.25, -0.2) is 0 Å². The number of nitro groups is 1. The van der Waals surface area contributed by atoms with Crippen molar-refractivity contribution < 1.29 is 19.6 Å². The van der Waals surface area contributed by atoms with Crippen LogP contribution in [0.2, 0.25) is 0 Å². The Bertz CT molecular complexity index is 838. The first-order valence-electron chi connectivity index (χ1n) is 6.77. The van der Waals surface area contributed by atoms with Gasteiger partial charge in [-0.1, -0.05) is 30.3 Å². The molecule has 3 rings (SSSR count). The summed E-state index contributed by atoms with van der Waals surface area (Å²) >= 11 is 1.24. The number of hydrogen-bond acceptors (Lipinski definition) is 6. The smallest absolute Gasteiger partial charge is 0.234 e. The number of ketones is 2. The number of carbonyl (C=O) groups excluding carboxylic acids is 2. The first-order chi connectivity index (χ1) is 11.0. The van der Waals surface area contributed by atoms with Crippen LogP contribution in [0.1, 0.15) is 26.7 Å². The third kappa shape index (κ3) is 2.55. The molecular formula is C16H11NO5S. The molecule has 2 aromatic rings. The molecular weight excluding hydrogens is 318 g/mol. The molecule has 23 heavy (non-hydrogen) atoms. The SMILES string of the molecule is O=C1C(=O)c2ccccc2C(O)=C1[C@@H](C[N+](=O)[O-])c1cccs1. The first-order valence-corrected chi connectivity index (χ1v) is 7.65. The zero-order valence-corrected chi connectivity index (χ0v) is 12.6. The second-order valence-corrected chi connectivity index (χ2v) is 6.03. The number of hydrogen-bond donors (Lipinski definition) is 1. The number of fused-ring (bicyclic) bond motifs is 1. The summed E-state index contributed by atoms with van der Waals surface area (Å²) < 4.78 is 0. The molecule has 0 fully saturated rings. The summed E-state index contributed by atoms with van der Waals surface area (Å²) in [5.74, 6) is -2.94. The molecule has 0 saturated heterocycles. The summed E-state index contributed by atoms with van der Waals surface area (Å²) in [6.45, 7) is -0.568. The van der Waals surface area contributed by atoms with Gasteiger partial charge in [-0.05, 0) is 11.4 Å². The van der Waals surface area contributed by atoms with E-state index in [4.69, 9.17) is 0 Å². The van der Waals surface area contributed by atoms with Gasteiger partial charge in [0.15, 0.2) is 0 Å². The van der Waals surface area contributed by atoms with E-state index < -0.39 is 29.0 Å². The predicted molar refractivity (Wildman–Crippen MR) is 84.2 cm³/mol. The first kappa shape index (κ1) is 15.1. The molecule has 0 aliphatic heterocycles. The van der Waals surface area contributed by atoms with Crippen molar-refractivity contribution in [3.8, 4) is 0 Å². The van der Waals surface area contributed by atoms with E-state index in [2.05, 4.69) is 0 Å². The fourth-order valence-corrected chi connectivity index (χ4v) is 3.50. The minimum Gasteiger partial charge on any atom is -0.507 e. The number of benzene rings is 1. The molecule has 0 amide bonds. The fourth-order valence-electron chi connectivity index (χ4n) is 2.67. The van der Waals surface area contributed by atoms with E-state index in [1.54, 1.807) is 29.6 Å². The largest absolute Gasteiger partial charge is 0.507 e. The lowest BCUT2D eigenvalue weighted by atomic mass is 9.82. The molecule has 116 valence electrons. The van der Waals surface area contributed by atoms with E-state index in [9.17, 15) is 24.8 Å². The third-order valence-corrected chi connectivity index (χ3v) is 4.69. The van der Waals surface area contributed by atoms with Crippen molar-refractivity contribution in [1.29, 1.82) is 0 Å². The van der Waals surface area contributed by atoms with Crippen molar-refractivity contribution in [1.82, 2.24) is 0 Å². The maximum Gasteiger partial charge on any atom is 0.234 e. The summed E-state index contributed by atoms with van der Waals surface area (Å²) in [6, 6.07) is 9.55. The van der Waals surface area contributed by atoms with Crippen LogP contribution in [0, 0.1) is 10.1 Å². The van der Waals surface area contributed by atoms with Gasteiger partial charge in [-0.15, -0.1) is 11.3 Å². The Morgan fingerprint density at radius 1 is 1.09 bits per heavy atom. The minimum atomic E-state index is -0.949. The van der Waals surface area contributed by atoms with Gasteiger partial charge in [0, 0.05) is 20.9 Å². The number of nitrogens with zero attached hydrogens (tertiary/aromatic N) is 1. The van der Waals surface area contributed by atoms with Gasteiger partial charge in [-0.2, -0.15) is 0 Å². The Morgan fingerprint density at radius 2 is 1.78 bits per heavy atom. The summed E-state index contributed by atoms with van der Waals surface area (Å²) in [5.41, 5.74) is 0.148. The van der Waals surface area contributed by atoms with Gasteiger partial charge in [0.1, 0.15) is 5.76 Å². The van der Waals surface area contributed by atoms with Gasteiger partial charge < -0.3 is 5.11 Å². The van der Waals surface area contributed by atoms with Gasteiger partial charge in [0.25, 0.3) is 0 Å². The maximum absolute atomic E-state index is 12.4. The van der Waals surface area contributed by atoms with Crippen LogP contribution in [0.15, 0.2) is 47.4 Å². The van der Waals surface area contributed by atoms with Gasteiger partial charge in [-0.3, -0.25) is 19.7 Å². The number of aliphatic hydroxyl groups is 1. The Kier molecular flexibility index (Phi) is 3.79. The standard InChI is InChI=1S/C16H11NO5S/c18-14-9-4-1-2-5-10(9)15(19)16(20)13(14)11(8-17(21)22)12-6-3-7-23-12/h1-7,11,18H,8H2/t11-/m0/s1. The molecule has 0 spiro atoms. The zero-order chi connectivity index (χ0) is 16.6. The quantitative estimate of drug-likeness (QED) is 0.528. The summed E-state index contributed by atoms with van der Waals surface area (Å²) in [5, 5.41) is 23.2. The van der Waals surface area contributed by atoms with Gasteiger partial charge >= 0.3 is 0 Å². The fraction of sp³-hybridized carbons (Fsp3) is 0.125.